The van der Waals surface area contributed by atoms with Gasteiger partial charge in [-0.25, -0.2) is 4.79 Å². The lowest BCUT2D eigenvalue weighted by Gasteiger charge is -2.30. The van der Waals surface area contributed by atoms with Crippen molar-refractivity contribution in [1.29, 1.82) is 0 Å². The van der Waals surface area contributed by atoms with Crippen LogP contribution in [0.3, 0.4) is 0 Å². The number of benzene rings is 2. The van der Waals surface area contributed by atoms with Gasteiger partial charge in [0.1, 0.15) is 6.04 Å². The van der Waals surface area contributed by atoms with Crippen molar-refractivity contribution in [3.8, 4) is 0 Å². The van der Waals surface area contributed by atoms with Gasteiger partial charge in [0.25, 0.3) is 0 Å². The van der Waals surface area contributed by atoms with Gasteiger partial charge in [-0.3, -0.25) is 4.99 Å². The second-order valence-electron chi connectivity index (χ2n) is 7.83. The van der Waals surface area contributed by atoms with Gasteiger partial charge < -0.3 is 9.47 Å². The van der Waals surface area contributed by atoms with Gasteiger partial charge in [-0.05, 0) is 18.1 Å². The number of nitrogens with zero attached hydrogens (tertiary/aromatic N) is 1. The van der Waals surface area contributed by atoms with E-state index < -0.39 is 17.9 Å². The Bertz CT molecular complexity index is 780. The molecule has 1 aliphatic rings. The summed E-state index contributed by atoms with van der Waals surface area (Å²) in [5, 5.41) is 0. The SMILES string of the molecule is CC(C)(C)[C@@H]1OC(=O)[C@@](C)([C@@H](N=Cc2ccccc2)c2ccccc2)O1. The van der Waals surface area contributed by atoms with Crippen molar-refractivity contribution < 1.29 is 14.3 Å². The van der Waals surface area contributed by atoms with E-state index >= 15 is 0 Å². The van der Waals surface area contributed by atoms with E-state index in [9.17, 15) is 4.79 Å². The highest BCUT2D eigenvalue weighted by molar-refractivity contribution is 5.84. The molecule has 0 unspecified atom stereocenters. The highest BCUT2D eigenvalue weighted by atomic mass is 16.8. The first kappa shape index (κ1) is 18.3. The molecule has 0 bridgehead atoms. The fourth-order valence-electron chi connectivity index (χ4n) is 2.92. The van der Waals surface area contributed by atoms with Crippen LogP contribution < -0.4 is 0 Å². The average Bonchev–Trinajstić information content (AvgIpc) is 2.93. The molecule has 1 heterocycles. The first-order chi connectivity index (χ1) is 12.3. The van der Waals surface area contributed by atoms with Crippen molar-refractivity contribution in [2.24, 2.45) is 10.4 Å². The van der Waals surface area contributed by atoms with Crippen molar-refractivity contribution in [3.05, 3.63) is 71.8 Å². The van der Waals surface area contributed by atoms with Gasteiger partial charge in [0.05, 0.1) is 0 Å². The molecule has 3 rings (SSSR count). The molecule has 2 aromatic rings. The summed E-state index contributed by atoms with van der Waals surface area (Å²) in [6, 6.07) is 19.0. The lowest BCUT2D eigenvalue weighted by Crippen LogP contribution is -2.40. The number of aliphatic imine (C=N–C) groups is 1. The smallest absolute Gasteiger partial charge is 0.343 e. The van der Waals surface area contributed by atoms with Crippen LogP contribution >= 0.6 is 0 Å². The third kappa shape index (κ3) is 3.70. The van der Waals surface area contributed by atoms with Gasteiger partial charge in [-0.1, -0.05) is 81.4 Å². The van der Waals surface area contributed by atoms with Crippen molar-refractivity contribution in [3.63, 3.8) is 0 Å². The lowest BCUT2D eigenvalue weighted by molar-refractivity contribution is -0.156. The minimum absolute atomic E-state index is 0.308. The van der Waals surface area contributed by atoms with Crippen molar-refractivity contribution in [2.45, 2.75) is 45.6 Å². The first-order valence-electron chi connectivity index (χ1n) is 8.83. The van der Waals surface area contributed by atoms with E-state index in [4.69, 9.17) is 14.5 Å². The van der Waals surface area contributed by atoms with E-state index in [1.54, 1.807) is 13.1 Å². The fourth-order valence-corrected chi connectivity index (χ4v) is 2.92. The fraction of sp³-hybridized carbons (Fsp3) is 0.364. The molecule has 1 fully saturated rings. The molecule has 1 saturated heterocycles. The van der Waals surface area contributed by atoms with Gasteiger partial charge in [-0.15, -0.1) is 0 Å². The molecule has 0 aromatic heterocycles. The van der Waals surface area contributed by atoms with E-state index in [-0.39, 0.29) is 11.4 Å². The number of carbonyl (C=O) groups is 1. The summed E-state index contributed by atoms with van der Waals surface area (Å²) in [7, 11) is 0. The van der Waals surface area contributed by atoms with Crippen LogP contribution in [0.2, 0.25) is 0 Å². The maximum absolute atomic E-state index is 12.8. The van der Waals surface area contributed by atoms with Gasteiger partial charge in [0, 0.05) is 11.6 Å². The maximum Gasteiger partial charge on any atom is 0.343 e. The Labute approximate surface area is 154 Å². The Balaban J connectivity index is 1.98. The summed E-state index contributed by atoms with van der Waals surface area (Å²) in [4.78, 5) is 17.5. The van der Waals surface area contributed by atoms with Crippen molar-refractivity contribution in [2.75, 3.05) is 0 Å². The first-order valence-corrected chi connectivity index (χ1v) is 8.83. The summed E-state index contributed by atoms with van der Waals surface area (Å²) >= 11 is 0. The molecule has 4 nitrogen and oxygen atoms in total. The molecule has 0 amide bonds. The summed E-state index contributed by atoms with van der Waals surface area (Å²) in [6.07, 6.45) is 1.18. The maximum atomic E-state index is 12.8. The summed E-state index contributed by atoms with van der Waals surface area (Å²) in [6.45, 7) is 7.73. The van der Waals surface area contributed by atoms with Crippen LogP contribution in [0.15, 0.2) is 65.7 Å². The lowest BCUT2D eigenvalue weighted by atomic mass is 9.90. The number of rotatable bonds is 4. The molecule has 3 atom stereocenters. The van der Waals surface area contributed by atoms with Gasteiger partial charge in [0.15, 0.2) is 5.60 Å². The quantitative estimate of drug-likeness (QED) is 0.600. The minimum atomic E-state index is -1.18. The number of ether oxygens (including phenoxy) is 2. The van der Waals surface area contributed by atoms with E-state index in [0.717, 1.165) is 11.1 Å². The third-order valence-corrected chi connectivity index (χ3v) is 4.49. The molecule has 2 aromatic carbocycles. The molecule has 26 heavy (non-hydrogen) atoms. The molecule has 136 valence electrons. The molecule has 0 spiro atoms. The summed E-state index contributed by atoms with van der Waals surface area (Å²) in [5.41, 5.74) is 0.395. The molecule has 0 radical (unpaired) electrons. The van der Waals surface area contributed by atoms with Crippen molar-refractivity contribution >= 4 is 12.2 Å². The van der Waals surface area contributed by atoms with Crippen LogP contribution in [-0.4, -0.2) is 24.1 Å². The molecule has 0 N–H and O–H groups in total. The Morgan fingerprint density at radius 2 is 1.62 bits per heavy atom. The van der Waals surface area contributed by atoms with E-state index in [2.05, 4.69) is 0 Å². The number of hydrogen-bond donors (Lipinski definition) is 0. The highest BCUT2D eigenvalue weighted by Crippen LogP contribution is 2.43. The number of esters is 1. The Morgan fingerprint density at radius 3 is 2.15 bits per heavy atom. The zero-order valence-corrected chi connectivity index (χ0v) is 15.7. The molecule has 4 heteroatoms. The van der Waals surface area contributed by atoms with Crippen LogP contribution in [0.4, 0.5) is 0 Å². The molecular formula is C22H25NO3. The Morgan fingerprint density at radius 1 is 1.04 bits per heavy atom. The van der Waals surface area contributed by atoms with Crippen LogP contribution in [0.5, 0.6) is 0 Å². The van der Waals surface area contributed by atoms with E-state index in [1.165, 1.54) is 0 Å². The Kier molecular flexibility index (Phi) is 4.97. The van der Waals surface area contributed by atoms with Gasteiger partial charge >= 0.3 is 5.97 Å². The topological polar surface area (TPSA) is 47.9 Å². The molecule has 0 aliphatic carbocycles. The zero-order chi connectivity index (χ0) is 18.8. The number of hydrogen-bond acceptors (Lipinski definition) is 4. The second kappa shape index (κ2) is 7.04. The van der Waals surface area contributed by atoms with Crippen molar-refractivity contribution in [1.82, 2.24) is 0 Å². The van der Waals surface area contributed by atoms with Gasteiger partial charge in [0.2, 0.25) is 6.29 Å². The minimum Gasteiger partial charge on any atom is -0.433 e. The zero-order valence-electron chi connectivity index (χ0n) is 15.7. The monoisotopic (exact) mass is 351 g/mol. The Hall–Kier alpha value is -2.46. The van der Waals surface area contributed by atoms with E-state index in [1.807, 2.05) is 81.4 Å². The van der Waals surface area contributed by atoms with Crippen LogP contribution in [0.1, 0.15) is 44.9 Å². The third-order valence-electron chi connectivity index (χ3n) is 4.49. The predicted octanol–water partition coefficient (Wildman–Crippen LogP) is 4.55. The standard InChI is InChI=1S/C22H25NO3/c1-21(2,3)20-25-19(24)22(4,26-20)18(17-13-9-6-10-14-17)23-15-16-11-7-5-8-12-16/h5-15,18,20H,1-4H3/t18-,20+,22+/m0/s1. The summed E-state index contributed by atoms with van der Waals surface area (Å²) < 4.78 is 11.7. The molecule has 0 saturated carbocycles. The largest absolute Gasteiger partial charge is 0.433 e. The number of cyclic esters (lactones) is 1. The van der Waals surface area contributed by atoms with Gasteiger partial charge in [-0.2, -0.15) is 0 Å². The average molecular weight is 351 g/mol. The van der Waals surface area contributed by atoms with Crippen LogP contribution in [0.25, 0.3) is 0 Å². The highest BCUT2D eigenvalue weighted by Gasteiger charge is 2.55. The van der Waals surface area contributed by atoms with E-state index in [0.29, 0.717) is 0 Å². The van der Waals surface area contributed by atoms with Crippen LogP contribution in [0, 0.1) is 5.41 Å². The van der Waals surface area contributed by atoms with Crippen LogP contribution in [-0.2, 0) is 14.3 Å². The number of carbonyl (C=O) groups excluding carboxylic acids is 1. The summed E-state index contributed by atoms with van der Waals surface area (Å²) in [5.74, 6) is -0.378. The second-order valence-corrected chi connectivity index (χ2v) is 7.83. The molecular weight excluding hydrogens is 326 g/mol. The predicted molar refractivity (Wildman–Crippen MR) is 102 cm³/mol. The molecule has 1 aliphatic heterocycles. The normalized spacial score (nSPS) is 24.6.